The third-order valence-corrected chi connectivity index (χ3v) is 3.46. The number of carboxylic acids is 1. The minimum Gasteiger partial charge on any atom is -0.480 e. The molecule has 0 aliphatic heterocycles. The van der Waals surface area contributed by atoms with Gasteiger partial charge in [-0.15, -0.1) is 0 Å². The molecule has 1 fully saturated rings. The van der Waals surface area contributed by atoms with Crippen molar-refractivity contribution in [3.8, 4) is 0 Å². The van der Waals surface area contributed by atoms with E-state index >= 15 is 0 Å². The van der Waals surface area contributed by atoms with Crippen molar-refractivity contribution in [1.29, 1.82) is 0 Å². The monoisotopic (exact) mass is 256 g/mol. The maximum Gasteiger partial charge on any atom is 0.320 e. The second-order valence-corrected chi connectivity index (χ2v) is 6.03. The van der Waals surface area contributed by atoms with Crippen LogP contribution in [0.25, 0.3) is 0 Å². The highest BCUT2D eigenvalue weighted by Gasteiger charge is 2.26. The molecule has 1 aliphatic carbocycles. The Morgan fingerprint density at radius 3 is 2.33 bits per heavy atom. The van der Waals surface area contributed by atoms with E-state index < -0.39 is 12.0 Å². The van der Waals surface area contributed by atoms with E-state index in [-0.39, 0.29) is 6.04 Å². The molecule has 1 saturated carbocycles. The van der Waals surface area contributed by atoms with Crippen LogP contribution in [0, 0.1) is 5.92 Å². The second-order valence-electron chi connectivity index (χ2n) is 6.03. The van der Waals surface area contributed by atoms with E-state index in [4.69, 9.17) is 0 Å². The first kappa shape index (κ1) is 15.4. The molecule has 4 heteroatoms. The summed E-state index contributed by atoms with van der Waals surface area (Å²) in [6.45, 7) is 10.3. The molecule has 1 rings (SSSR count). The number of rotatable bonds is 9. The van der Waals surface area contributed by atoms with Crippen LogP contribution in [0.5, 0.6) is 0 Å². The van der Waals surface area contributed by atoms with Crippen molar-refractivity contribution < 1.29 is 9.90 Å². The Balaban J connectivity index is 2.39. The van der Waals surface area contributed by atoms with Gasteiger partial charge in [-0.2, -0.15) is 0 Å². The summed E-state index contributed by atoms with van der Waals surface area (Å²) in [7, 11) is 0. The fourth-order valence-corrected chi connectivity index (χ4v) is 2.17. The Kier molecular flexibility index (Phi) is 6.09. The number of carboxylic acid groups (broad SMARTS) is 1. The average Bonchev–Trinajstić information content (AvgIpc) is 3.04. The summed E-state index contributed by atoms with van der Waals surface area (Å²) in [6, 6.07) is 0.284. The van der Waals surface area contributed by atoms with Crippen LogP contribution in [0.3, 0.4) is 0 Å². The first-order valence-corrected chi connectivity index (χ1v) is 7.13. The molecular formula is C14H28N2O2. The van der Waals surface area contributed by atoms with E-state index in [1.165, 1.54) is 12.8 Å². The number of hydrogen-bond acceptors (Lipinski definition) is 3. The minimum atomic E-state index is -0.737. The van der Waals surface area contributed by atoms with E-state index in [2.05, 4.69) is 24.1 Å². The lowest BCUT2D eigenvalue weighted by molar-refractivity contribution is -0.140. The minimum absolute atomic E-state index is 0.210. The molecule has 1 atom stereocenters. The van der Waals surface area contributed by atoms with Crippen LogP contribution in [-0.2, 0) is 4.79 Å². The first-order chi connectivity index (χ1) is 8.40. The molecule has 0 spiro atoms. The Hall–Kier alpha value is -0.610. The maximum absolute atomic E-state index is 11.2. The summed E-state index contributed by atoms with van der Waals surface area (Å²) in [4.78, 5) is 13.6. The maximum atomic E-state index is 11.2. The highest BCUT2D eigenvalue weighted by molar-refractivity contribution is 5.73. The average molecular weight is 256 g/mol. The Morgan fingerprint density at radius 1 is 1.33 bits per heavy atom. The molecule has 1 unspecified atom stereocenters. The molecule has 0 aromatic heterocycles. The summed E-state index contributed by atoms with van der Waals surface area (Å²) in [5.74, 6) is 0.118. The van der Waals surface area contributed by atoms with Gasteiger partial charge in [-0.3, -0.25) is 4.79 Å². The third kappa shape index (κ3) is 5.83. The number of nitrogens with one attached hydrogen (secondary N) is 1. The topological polar surface area (TPSA) is 52.6 Å². The standard InChI is InChI=1S/C14H28N2O2/c1-10(2)15-13(14(17)18)7-8-16(11(3)4)9-12-5-6-12/h10-13,15H,5-9H2,1-4H3,(H,17,18). The van der Waals surface area contributed by atoms with Crippen molar-refractivity contribution in [2.45, 2.75) is 65.1 Å². The summed E-state index contributed by atoms with van der Waals surface area (Å²) in [5, 5.41) is 12.3. The van der Waals surface area contributed by atoms with Crippen molar-refractivity contribution >= 4 is 5.97 Å². The lowest BCUT2D eigenvalue weighted by Gasteiger charge is -2.28. The Morgan fingerprint density at radius 2 is 1.94 bits per heavy atom. The summed E-state index contributed by atoms with van der Waals surface area (Å²) in [6.07, 6.45) is 3.37. The van der Waals surface area contributed by atoms with Gasteiger partial charge >= 0.3 is 5.97 Å². The molecule has 0 aromatic rings. The molecule has 0 saturated heterocycles. The van der Waals surface area contributed by atoms with Crippen LogP contribution in [0.15, 0.2) is 0 Å². The highest BCUT2D eigenvalue weighted by Crippen LogP contribution is 2.30. The molecule has 18 heavy (non-hydrogen) atoms. The molecule has 0 radical (unpaired) electrons. The first-order valence-electron chi connectivity index (χ1n) is 7.13. The summed E-state index contributed by atoms with van der Waals surface area (Å²) >= 11 is 0. The van der Waals surface area contributed by atoms with Gasteiger partial charge in [0.25, 0.3) is 0 Å². The fourth-order valence-electron chi connectivity index (χ4n) is 2.17. The molecule has 0 heterocycles. The van der Waals surface area contributed by atoms with Crippen molar-refractivity contribution in [3.05, 3.63) is 0 Å². The molecule has 2 N–H and O–H groups in total. The van der Waals surface area contributed by atoms with Gasteiger partial charge in [-0.05, 0) is 39.0 Å². The second kappa shape index (κ2) is 7.10. The smallest absolute Gasteiger partial charge is 0.320 e. The van der Waals surface area contributed by atoms with Gasteiger partial charge in [0.15, 0.2) is 0 Å². The van der Waals surface area contributed by atoms with Gasteiger partial charge in [0.2, 0.25) is 0 Å². The normalized spacial score (nSPS) is 17.7. The molecule has 4 nitrogen and oxygen atoms in total. The number of hydrogen-bond donors (Lipinski definition) is 2. The predicted octanol–water partition coefficient (Wildman–Crippen LogP) is 1.95. The van der Waals surface area contributed by atoms with Crippen molar-refractivity contribution in [1.82, 2.24) is 10.2 Å². The summed E-state index contributed by atoms with van der Waals surface area (Å²) < 4.78 is 0. The van der Waals surface area contributed by atoms with Crippen molar-refractivity contribution in [2.75, 3.05) is 13.1 Å². The van der Waals surface area contributed by atoms with Crippen LogP contribution in [0.1, 0.15) is 47.0 Å². The van der Waals surface area contributed by atoms with Crippen LogP contribution >= 0.6 is 0 Å². The van der Waals surface area contributed by atoms with Gasteiger partial charge in [-0.1, -0.05) is 13.8 Å². The zero-order valence-electron chi connectivity index (χ0n) is 12.1. The van der Waals surface area contributed by atoms with E-state index in [0.717, 1.165) is 19.0 Å². The highest BCUT2D eigenvalue weighted by atomic mass is 16.4. The van der Waals surface area contributed by atoms with E-state index in [0.29, 0.717) is 12.5 Å². The number of carbonyl (C=O) groups is 1. The van der Waals surface area contributed by atoms with Crippen LogP contribution in [-0.4, -0.2) is 47.2 Å². The Labute approximate surface area is 111 Å². The van der Waals surface area contributed by atoms with Crippen LogP contribution in [0.2, 0.25) is 0 Å². The SMILES string of the molecule is CC(C)NC(CCN(CC1CC1)C(C)C)C(=O)O. The third-order valence-electron chi connectivity index (χ3n) is 3.46. The number of aliphatic carboxylic acids is 1. The van der Waals surface area contributed by atoms with Gasteiger partial charge in [0.05, 0.1) is 0 Å². The van der Waals surface area contributed by atoms with Gasteiger partial charge in [0, 0.05) is 25.2 Å². The van der Waals surface area contributed by atoms with Crippen LogP contribution in [0.4, 0.5) is 0 Å². The zero-order chi connectivity index (χ0) is 13.7. The molecular weight excluding hydrogens is 228 g/mol. The predicted molar refractivity (Wildman–Crippen MR) is 73.7 cm³/mol. The fraction of sp³-hybridized carbons (Fsp3) is 0.929. The van der Waals surface area contributed by atoms with Crippen molar-refractivity contribution in [2.24, 2.45) is 5.92 Å². The number of nitrogens with zero attached hydrogens (tertiary/aromatic N) is 1. The van der Waals surface area contributed by atoms with Gasteiger partial charge < -0.3 is 15.3 Å². The zero-order valence-corrected chi connectivity index (χ0v) is 12.1. The lowest BCUT2D eigenvalue weighted by Crippen LogP contribution is -2.44. The molecule has 0 bridgehead atoms. The summed E-state index contributed by atoms with van der Waals surface area (Å²) in [5.41, 5.74) is 0. The molecule has 106 valence electrons. The van der Waals surface area contributed by atoms with Crippen molar-refractivity contribution in [3.63, 3.8) is 0 Å². The van der Waals surface area contributed by atoms with E-state index in [1.54, 1.807) is 0 Å². The van der Waals surface area contributed by atoms with E-state index in [9.17, 15) is 9.90 Å². The molecule has 0 amide bonds. The molecule has 0 aromatic carbocycles. The largest absolute Gasteiger partial charge is 0.480 e. The Bertz CT molecular complexity index is 263. The van der Waals surface area contributed by atoms with E-state index in [1.807, 2.05) is 13.8 Å². The van der Waals surface area contributed by atoms with Crippen LogP contribution < -0.4 is 5.32 Å². The quantitative estimate of drug-likeness (QED) is 0.662. The molecule has 1 aliphatic rings. The lowest BCUT2D eigenvalue weighted by atomic mass is 10.1. The van der Waals surface area contributed by atoms with Gasteiger partial charge in [0.1, 0.15) is 6.04 Å². The van der Waals surface area contributed by atoms with Gasteiger partial charge in [-0.25, -0.2) is 0 Å².